The average molecular weight is 205 g/mol. The van der Waals surface area contributed by atoms with Crippen molar-refractivity contribution in [2.75, 3.05) is 0 Å². The van der Waals surface area contributed by atoms with Gasteiger partial charge in [-0.05, 0) is 5.56 Å². The van der Waals surface area contributed by atoms with Crippen LogP contribution in [0.4, 0.5) is 13.2 Å². The molecule has 0 fully saturated rings. The lowest BCUT2D eigenvalue weighted by Crippen LogP contribution is -2.42. The van der Waals surface area contributed by atoms with Crippen molar-refractivity contribution in [3.8, 4) is 0 Å². The van der Waals surface area contributed by atoms with Crippen LogP contribution in [0.5, 0.6) is 0 Å². The fourth-order valence-electron chi connectivity index (χ4n) is 1.04. The molecule has 0 aliphatic carbocycles. The van der Waals surface area contributed by atoms with Gasteiger partial charge < -0.3 is 10.8 Å². The van der Waals surface area contributed by atoms with Gasteiger partial charge in [0.15, 0.2) is 0 Å². The second-order valence-electron chi connectivity index (χ2n) is 2.92. The fourth-order valence-corrected chi connectivity index (χ4v) is 1.04. The highest BCUT2D eigenvalue weighted by Crippen LogP contribution is 2.28. The van der Waals surface area contributed by atoms with Gasteiger partial charge in [-0.1, -0.05) is 30.3 Å². The number of hydrogen-bond acceptors (Lipinski definition) is 2. The fraction of sp³-hybridized carbons (Fsp3) is 0.333. The molecule has 0 radical (unpaired) electrons. The molecule has 2 atom stereocenters. The molecule has 1 aromatic rings. The first kappa shape index (κ1) is 11.0. The molecule has 5 heteroatoms. The van der Waals surface area contributed by atoms with E-state index in [2.05, 4.69) is 0 Å². The molecule has 0 saturated heterocycles. The summed E-state index contributed by atoms with van der Waals surface area (Å²) in [5, 5.41) is 9.28. The minimum Gasteiger partial charge on any atom is -0.386 e. The number of hydrogen-bond donors (Lipinski definition) is 2. The molecular formula is C9H10F3NO. The van der Waals surface area contributed by atoms with E-state index in [1.54, 1.807) is 18.2 Å². The van der Waals surface area contributed by atoms with Gasteiger partial charge in [0, 0.05) is 0 Å². The molecule has 14 heavy (non-hydrogen) atoms. The van der Waals surface area contributed by atoms with Crippen LogP contribution in [-0.2, 0) is 0 Å². The highest BCUT2D eigenvalue weighted by atomic mass is 19.4. The molecule has 0 heterocycles. The molecule has 1 rings (SSSR count). The van der Waals surface area contributed by atoms with Gasteiger partial charge >= 0.3 is 6.18 Å². The van der Waals surface area contributed by atoms with Crippen LogP contribution in [0, 0.1) is 0 Å². The maximum absolute atomic E-state index is 12.1. The van der Waals surface area contributed by atoms with E-state index in [-0.39, 0.29) is 5.56 Å². The van der Waals surface area contributed by atoms with Gasteiger partial charge in [0.25, 0.3) is 0 Å². The monoisotopic (exact) mass is 205 g/mol. The second-order valence-corrected chi connectivity index (χ2v) is 2.92. The predicted molar refractivity (Wildman–Crippen MR) is 45.4 cm³/mol. The standard InChI is InChI=1S/C9H10F3NO/c10-9(11,12)8(13)7(14)6-4-2-1-3-5-6/h1-5,7-8,14H,13H2/t7-,8+/m0/s1. The Morgan fingerprint density at radius 1 is 1.14 bits per heavy atom. The van der Waals surface area contributed by atoms with Crippen molar-refractivity contribution in [3.63, 3.8) is 0 Å². The van der Waals surface area contributed by atoms with Gasteiger partial charge in [-0.3, -0.25) is 0 Å². The number of halogens is 3. The Bertz CT molecular complexity index is 286. The zero-order chi connectivity index (χ0) is 10.8. The van der Waals surface area contributed by atoms with Gasteiger partial charge in [-0.15, -0.1) is 0 Å². The lowest BCUT2D eigenvalue weighted by molar-refractivity contribution is -0.169. The van der Waals surface area contributed by atoms with E-state index >= 15 is 0 Å². The summed E-state index contributed by atoms with van der Waals surface area (Å²) in [6.45, 7) is 0. The largest absolute Gasteiger partial charge is 0.406 e. The number of rotatable bonds is 2. The number of alkyl halides is 3. The van der Waals surface area contributed by atoms with Crippen molar-refractivity contribution in [3.05, 3.63) is 35.9 Å². The Morgan fingerprint density at radius 2 is 1.64 bits per heavy atom. The van der Waals surface area contributed by atoms with Gasteiger partial charge in [-0.2, -0.15) is 13.2 Å². The number of benzene rings is 1. The Hall–Kier alpha value is -1.07. The van der Waals surface area contributed by atoms with Crippen LogP contribution < -0.4 is 5.73 Å². The summed E-state index contributed by atoms with van der Waals surface area (Å²) < 4.78 is 36.3. The Labute approximate surface area is 79.2 Å². The number of nitrogens with two attached hydrogens (primary N) is 1. The molecule has 0 amide bonds. The minimum atomic E-state index is -4.59. The lowest BCUT2D eigenvalue weighted by Gasteiger charge is -2.21. The highest BCUT2D eigenvalue weighted by Gasteiger charge is 2.41. The normalized spacial score (nSPS) is 16.4. The van der Waals surface area contributed by atoms with E-state index in [1.165, 1.54) is 12.1 Å². The Morgan fingerprint density at radius 3 is 2.07 bits per heavy atom. The molecule has 0 aromatic heterocycles. The van der Waals surface area contributed by atoms with Crippen molar-refractivity contribution in [2.24, 2.45) is 5.73 Å². The first-order valence-electron chi connectivity index (χ1n) is 3.98. The molecule has 0 spiro atoms. The summed E-state index contributed by atoms with van der Waals surface area (Å²) in [5.41, 5.74) is 5.02. The van der Waals surface area contributed by atoms with Crippen LogP contribution in [0.3, 0.4) is 0 Å². The second kappa shape index (κ2) is 3.98. The molecule has 0 aliphatic heterocycles. The lowest BCUT2D eigenvalue weighted by atomic mass is 10.0. The summed E-state index contributed by atoms with van der Waals surface area (Å²) in [4.78, 5) is 0. The van der Waals surface area contributed by atoms with Crippen molar-refractivity contribution in [2.45, 2.75) is 18.3 Å². The Balaban J connectivity index is 2.81. The van der Waals surface area contributed by atoms with E-state index in [1.807, 2.05) is 0 Å². The van der Waals surface area contributed by atoms with E-state index in [0.29, 0.717) is 0 Å². The van der Waals surface area contributed by atoms with Crippen LogP contribution in [0.25, 0.3) is 0 Å². The third-order valence-electron chi connectivity index (χ3n) is 1.86. The molecule has 0 bridgehead atoms. The molecule has 3 N–H and O–H groups in total. The molecular weight excluding hydrogens is 195 g/mol. The van der Waals surface area contributed by atoms with Crippen molar-refractivity contribution in [1.29, 1.82) is 0 Å². The maximum atomic E-state index is 12.1. The van der Waals surface area contributed by atoms with Crippen molar-refractivity contribution in [1.82, 2.24) is 0 Å². The van der Waals surface area contributed by atoms with Gasteiger partial charge in [-0.25, -0.2) is 0 Å². The molecule has 0 unspecified atom stereocenters. The summed E-state index contributed by atoms with van der Waals surface area (Å²) in [5.74, 6) is 0. The van der Waals surface area contributed by atoms with Crippen LogP contribution >= 0.6 is 0 Å². The van der Waals surface area contributed by atoms with Crippen LogP contribution in [0.2, 0.25) is 0 Å². The zero-order valence-corrected chi connectivity index (χ0v) is 7.20. The van der Waals surface area contributed by atoms with Crippen molar-refractivity contribution < 1.29 is 18.3 Å². The predicted octanol–water partition coefficient (Wildman–Crippen LogP) is 1.61. The molecule has 78 valence electrons. The smallest absolute Gasteiger partial charge is 0.386 e. The molecule has 1 aromatic carbocycles. The quantitative estimate of drug-likeness (QED) is 0.770. The number of aliphatic hydroxyl groups excluding tert-OH is 1. The van der Waals surface area contributed by atoms with E-state index in [0.717, 1.165) is 0 Å². The molecule has 2 nitrogen and oxygen atoms in total. The zero-order valence-electron chi connectivity index (χ0n) is 7.20. The average Bonchev–Trinajstić information content (AvgIpc) is 2.15. The third kappa shape index (κ3) is 2.46. The van der Waals surface area contributed by atoms with Crippen molar-refractivity contribution >= 4 is 0 Å². The van der Waals surface area contributed by atoms with Gasteiger partial charge in [0.05, 0.1) is 0 Å². The molecule has 0 saturated carbocycles. The summed E-state index contributed by atoms with van der Waals surface area (Å²) in [6.07, 6.45) is -6.30. The third-order valence-corrected chi connectivity index (χ3v) is 1.86. The number of aliphatic hydroxyl groups is 1. The summed E-state index contributed by atoms with van der Waals surface area (Å²) in [7, 11) is 0. The maximum Gasteiger partial charge on any atom is 0.406 e. The first-order chi connectivity index (χ1) is 6.43. The minimum absolute atomic E-state index is 0.164. The first-order valence-corrected chi connectivity index (χ1v) is 3.98. The highest BCUT2D eigenvalue weighted by molar-refractivity contribution is 5.19. The van der Waals surface area contributed by atoms with E-state index < -0.39 is 18.3 Å². The van der Waals surface area contributed by atoms with Crippen LogP contribution in [-0.4, -0.2) is 17.3 Å². The summed E-state index contributed by atoms with van der Waals surface area (Å²) in [6, 6.07) is 5.29. The van der Waals surface area contributed by atoms with Gasteiger partial charge in [0.1, 0.15) is 12.1 Å². The van der Waals surface area contributed by atoms with E-state index in [9.17, 15) is 18.3 Å². The van der Waals surface area contributed by atoms with E-state index in [4.69, 9.17) is 5.73 Å². The SMILES string of the molecule is N[C@H]([C@@H](O)c1ccccc1)C(F)(F)F. The molecule has 0 aliphatic rings. The Kier molecular flexibility index (Phi) is 3.13. The summed E-state index contributed by atoms with van der Waals surface area (Å²) >= 11 is 0. The van der Waals surface area contributed by atoms with Gasteiger partial charge in [0.2, 0.25) is 0 Å². The van der Waals surface area contributed by atoms with Crippen LogP contribution in [0.1, 0.15) is 11.7 Å². The van der Waals surface area contributed by atoms with Crippen LogP contribution in [0.15, 0.2) is 30.3 Å². The topological polar surface area (TPSA) is 46.2 Å².